The second kappa shape index (κ2) is 8.18. The summed E-state index contributed by atoms with van der Waals surface area (Å²) in [5.74, 6) is -0.827. The van der Waals surface area contributed by atoms with Crippen LogP contribution in [-0.4, -0.2) is 67.4 Å². The Kier molecular flexibility index (Phi) is 5.54. The quantitative estimate of drug-likeness (QED) is 0.352. The van der Waals surface area contributed by atoms with E-state index in [1.54, 1.807) is 12.1 Å². The number of alkyl halides is 1. The highest BCUT2D eigenvalue weighted by Crippen LogP contribution is 2.32. The number of fused-ring (bicyclic) bond motifs is 1. The summed E-state index contributed by atoms with van der Waals surface area (Å²) < 4.78 is 26.2. The summed E-state index contributed by atoms with van der Waals surface area (Å²) in [4.78, 5) is 43.8. The average Bonchev–Trinajstić information content (AvgIpc) is 3.21. The summed E-state index contributed by atoms with van der Waals surface area (Å²) in [7, 11) is 1.25. The molecule has 170 valence electrons. The van der Waals surface area contributed by atoms with Crippen LogP contribution >= 0.6 is 0 Å². The van der Waals surface area contributed by atoms with Crippen LogP contribution in [0.1, 0.15) is 22.1 Å². The summed E-state index contributed by atoms with van der Waals surface area (Å²) in [5.41, 5.74) is 4.56. The molecule has 1 fully saturated rings. The molecule has 0 aliphatic carbocycles. The van der Waals surface area contributed by atoms with Gasteiger partial charge in [0.1, 0.15) is 12.2 Å². The molecule has 3 aromatic rings. The Morgan fingerprint density at radius 1 is 1.34 bits per heavy atom. The van der Waals surface area contributed by atoms with Crippen molar-refractivity contribution >= 4 is 23.1 Å². The minimum absolute atomic E-state index is 0.107. The van der Waals surface area contributed by atoms with Crippen molar-refractivity contribution < 1.29 is 28.9 Å². The molecule has 0 unspecified atom stereocenters. The maximum absolute atomic E-state index is 14.3. The minimum Gasteiger partial charge on any atom is -0.465 e. The molecule has 4 atom stereocenters. The molecule has 5 N–H and O–H groups in total. The highest BCUT2D eigenvalue weighted by Gasteiger charge is 2.46. The number of esters is 1. The van der Waals surface area contributed by atoms with Gasteiger partial charge >= 0.3 is 11.7 Å². The van der Waals surface area contributed by atoms with Gasteiger partial charge in [0.2, 0.25) is 5.95 Å². The fourth-order valence-corrected chi connectivity index (χ4v) is 3.69. The number of ether oxygens (including phenoxy) is 2. The third kappa shape index (κ3) is 3.45. The maximum Gasteiger partial charge on any atom is 0.337 e. The third-order valence-electron chi connectivity index (χ3n) is 5.27. The lowest BCUT2D eigenvalue weighted by atomic mass is 10.1. The van der Waals surface area contributed by atoms with Crippen molar-refractivity contribution in [1.82, 2.24) is 19.1 Å². The van der Waals surface area contributed by atoms with Gasteiger partial charge < -0.3 is 25.4 Å². The van der Waals surface area contributed by atoms with E-state index >= 15 is 0 Å². The van der Waals surface area contributed by atoms with Crippen LogP contribution in [0, 0.1) is 0 Å². The Morgan fingerprint density at radius 2 is 2.03 bits per heavy atom. The van der Waals surface area contributed by atoms with Crippen molar-refractivity contribution in [1.29, 1.82) is 0 Å². The summed E-state index contributed by atoms with van der Waals surface area (Å²) in [6.45, 7) is -0.825. The van der Waals surface area contributed by atoms with E-state index in [0.717, 1.165) is 9.13 Å². The van der Waals surface area contributed by atoms with Crippen molar-refractivity contribution in [3.63, 3.8) is 0 Å². The van der Waals surface area contributed by atoms with Gasteiger partial charge in [0.05, 0.1) is 25.8 Å². The fraction of sp³-hybridized carbons (Fsp3) is 0.368. The molecule has 1 aliphatic rings. The number of H-pyrrole nitrogens is 1. The predicted molar refractivity (Wildman–Crippen MR) is 108 cm³/mol. The first kappa shape index (κ1) is 21.7. The maximum atomic E-state index is 14.3. The Labute approximate surface area is 178 Å². The number of halogens is 1. The number of aromatic amines is 1. The number of aromatic nitrogens is 4. The molecule has 0 spiro atoms. The molecule has 1 aromatic carbocycles. The number of carbonyl (C=O) groups excluding carboxylic acids is 1. The van der Waals surface area contributed by atoms with Crippen LogP contribution in [0.3, 0.4) is 0 Å². The SMILES string of the molecule is COC(=O)c1ccc(Cn2c(=O)n([C@@H]3O[C@H](CO)[C@@H](F)[C@H]3O)c3nc(N)[nH]c(=O)c32)cc1. The third-order valence-corrected chi connectivity index (χ3v) is 5.27. The predicted octanol–water partition coefficient (Wildman–Crippen LogP) is -1.11. The number of nitrogen functional groups attached to an aromatic ring is 1. The summed E-state index contributed by atoms with van der Waals surface area (Å²) in [5, 5.41) is 19.5. The van der Waals surface area contributed by atoms with Gasteiger partial charge in [0.25, 0.3) is 5.56 Å². The Bertz CT molecular complexity index is 1280. The number of carbonyl (C=O) groups is 1. The first-order valence-electron chi connectivity index (χ1n) is 9.53. The molecule has 0 radical (unpaired) electrons. The van der Waals surface area contributed by atoms with Crippen LogP contribution < -0.4 is 17.0 Å². The molecule has 1 saturated heterocycles. The van der Waals surface area contributed by atoms with Gasteiger partial charge in [-0.1, -0.05) is 12.1 Å². The molecule has 32 heavy (non-hydrogen) atoms. The van der Waals surface area contributed by atoms with Crippen LogP contribution in [0.25, 0.3) is 11.2 Å². The van der Waals surface area contributed by atoms with Crippen LogP contribution in [0.4, 0.5) is 10.3 Å². The monoisotopic (exact) mass is 449 g/mol. The molecule has 2 aromatic heterocycles. The highest BCUT2D eigenvalue weighted by molar-refractivity contribution is 5.89. The summed E-state index contributed by atoms with van der Waals surface area (Å²) >= 11 is 0. The number of aliphatic hydroxyl groups is 2. The summed E-state index contributed by atoms with van der Waals surface area (Å²) in [6.07, 6.45) is -6.63. The van der Waals surface area contributed by atoms with Crippen LogP contribution in [-0.2, 0) is 16.0 Å². The number of anilines is 1. The Balaban J connectivity index is 1.84. The number of aliphatic hydroxyl groups excluding tert-OH is 2. The standard InChI is InChI=1S/C19H20FN5O7/c1-31-17(29)9-4-2-8(3-5-9)6-24-12-14(22-18(21)23-15(12)28)25(19(24)30)16-13(27)11(20)10(7-26)32-16/h2-5,10-11,13,16,26-27H,6-7H2,1H3,(H3,21,22,23,28)/t10-,11-,13-,16-/m1/s1. The molecule has 3 heterocycles. The van der Waals surface area contributed by atoms with E-state index < -0.39 is 48.4 Å². The van der Waals surface area contributed by atoms with E-state index in [9.17, 15) is 29.0 Å². The second-order valence-corrected chi connectivity index (χ2v) is 7.23. The van der Waals surface area contributed by atoms with E-state index in [0.29, 0.717) is 11.1 Å². The Hall–Kier alpha value is -3.55. The van der Waals surface area contributed by atoms with Gasteiger partial charge in [-0.05, 0) is 17.7 Å². The zero-order chi connectivity index (χ0) is 23.2. The van der Waals surface area contributed by atoms with Crippen molar-refractivity contribution in [2.45, 2.75) is 31.2 Å². The van der Waals surface area contributed by atoms with Crippen LogP contribution in [0.15, 0.2) is 33.9 Å². The summed E-state index contributed by atoms with van der Waals surface area (Å²) in [6, 6.07) is 6.13. The van der Waals surface area contributed by atoms with Crippen molar-refractivity contribution in [2.75, 3.05) is 19.5 Å². The fourth-order valence-electron chi connectivity index (χ4n) is 3.69. The molecule has 1 aliphatic heterocycles. The van der Waals surface area contributed by atoms with Crippen LogP contribution in [0.5, 0.6) is 0 Å². The first-order valence-corrected chi connectivity index (χ1v) is 9.53. The number of nitrogens with two attached hydrogens (primary N) is 1. The molecular formula is C19H20FN5O7. The van der Waals surface area contributed by atoms with Crippen molar-refractivity contribution in [3.8, 4) is 0 Å². The number of nitrogens with one attached hydrogen (secondary N) is 1. The van der Waals surface area contributed by atoms with Gasteiger partial charge in [0.15, 0.2) is 23.6 Å². The van der Waals surface area contributed by atoms with E-state index in [2.05, 4.69) is 14.7 Å². The smallest absolute Gasteiger partial charge is 0.337 e. The zero-order valence-corrected chi connectivity index (χ0v) is 16.8. The van der Waals surface area contributed by atoms with Gasteiger partial charge in [0, 0.05) is 0 Å². The number of nitrogens with zero attached hydrogens (tertiary/aromatic N) is 3. The zero-order valence-electron chi connectivity index (χ0n) is 16.8. The van der Waals surface area contributed by atoms with Gasteiger partial charge in [-0.2, -0.15) is 4.98 Å². The highest BCUT2D eigenvalue weighted by atomic mass is 19.1. The molecule has 0 bridgehead atoms. The largest absolute Gasteiger partial charge is 0.465 e. The average molecular weight is 449 g/mol. The number of hydrogen-bond donors (Lipinski definition) is 4. The van der Waals surface area contributed by atoms with Gasteiger partial charge in [-0.3, -0.25) is 14.3 Å². The molecule has 4 rings (SSSR count). The number of imidazole rings is 1. The number of benzene rings is 1. The lowest BCUT2D eigenvalue weighted by molar-refractivity contribution is -0.0513. The first-order chi connectivity index (χ1) is 15.3. The van der Waals surface area contributed by atoms with E-state index in [1.165, 1.54) is 19.2 Å². The molecule has 0 saturated carbocycles. The lowest BCUT2D eigenvalue weighted by Crippen LogP contribution is -2.34. The topological polar surface area (TPSA) is 175 Å². The molecular weight excluding hydrogens is 429 g/mol. The lowest BCUT2D eigenvalue weighted by Gasteiger charge is -2.15. The number of hydrogen-bond acceptors (Lipinski definition) is 9. The van der Waals surface area contributed by atoms with Crippen LogP contribution in [0.2, 0.25) is 0 Å². The second-order valence-electron chi connectivity index (χ2n) is 7.23. The molecule has 12 nitrogen and oxygen atoms in total. The molecule has 13 heteroatoms. The number of rotatable bonds is 5. The van der Waals surface area contributed by atoms with Gasteiger partial charge in [-0.15, -0.1) is 0 Å². The Morgan fingerprint density at radius 3 is 2.62 bits per heavy atom. The normalized spacial score (nSPS) is 23.0. The van der Waals surface area contributed by atoms with Crippen molar-refractivity contribution in [2.24, 2.45) is 0 Å². The van der Waals surface area contributed by atoms with Gasteiger partial charge in [-0.25, -0.2) is 18.5 Å². The minimum atomic E-state index is -1.96. The van der Waals surface area contributed by atoms with Crippen molar-refractivity contribution in [3.05, 3.63) is 56.2 Å². The van der Waals surface area contributed by atoms with E-state index in [4.69, 9.17) is 10.5 Å². The number of methoxy groups -OCH3 is 1. The van der Waals surface area contributed by atoms with E-state index in [-0.39, 0.29) is 23.7 Å². The molecule has 0 amide bonds. The van der Waals surface area contributed by atoms with E-state index in [1.807, 2.05) is 0 Å².